The second-order valence-corrected chi connectivity index (χ2v) is 3.65. The lowest BCUT2D eigenvalue weighted by molar-refractivity contribution is 0.0573. The van der Waals surface area contributed by atoms with Crippen molar-refractivity contribution in [2.75, 3.05) is 6.54 Å². The lowest BCUT2D eigenvalue weighted by Gasteiger charge is -2.33. The van der Waals surface area contributed by atoms with Gasteiger partial charge >= 0.3 is 0 Å². The highest BCUT2D eigenvalue weighted by Gasteiger charge is 2.20. The van der Waals surface area contributed by atoms with E-state index in [4.69, 9.17) is 0 Å². The van der Waals surface area contributed by atoms with Crippen LogP contribution in [0, 0.1) is 0 Å². The van der Waals surface area contributed by atoms with Gasteiger partial charge in [0.05, 0.1) is 0 Å². The first-order valence-electron chi connectivity index (χ1n) is 3.90. The topological polar surface area (TPSA) is 39.7 Å². The van der Waals surface area contributed by atoms with E-state index in [1.54, 1.807) is 0 Å². The maximum Gasteiger partial charge on any atom is 0.0287 e. The highest BCUT2D eigenvalue weighted by Crippen LogP contribution is 2.09. The summed E-state index contributed by atoms with van der Waals surface area (Å²) < 4.78 is 0. The predicted molar refractivity (Wildman–Crippen MR) is 45.8 cm³/mol. The van der Waals surface area contributed by atoms with Crippen molar-refractivity contribution >= 4 is 6.21 Å². The van der Waals surface area contributed by atoms with Gasteiger partial charge in [-0.05, 0) is 27.2 Å². The van der Waals surface area contributed by atoms with E-state index in [1.165, 1.54) is 0 Å². The Bertz CT molecular complexity index is 137. The van der Waals surface area contributed by atoms with E-state index in [-0.39, 0.29) is 5.54 Å². The van der Waals surface area contributed by atoms with Crippen molar-refractivity contribution in [2.24, 2.45) is 5.10 Å². The molecule has 0 aliphatic carbocycles. The van der Waals surface area contributed by atoms with Gasteiger partial charge in [-0.2, -0.15) is 10.6 Å². The molecule has 0 aromatic heterocycles. The molecule has 0 fully saturated rings. The monoisotopic (exact) mass is 156 g/mol. The summed E-state index contributed by atoms with van der Waals surface area (Å²) in [6, 6.07) is 0. The molecule has 0 aromatic rings. The standard InChI is InChI=1S/C7H16N4/c1-7(2,3)11-6-4-5-8-9-10-11/h5,9-10H,4,6H2,1-3H3. The largest absolute Gasteiger partial charge is 0.229 e. The van der Waals surface area contributed by atoms with Crippen LogP contribution in [0.2, 0.25) is 0 Å². The van der Waals surface area contributed by atoms with E-state index in [1.807, 2.05) is 6.21 Å². The molecular weight excluding hydrogens is 140 g/mol. The van der Waals surface area contributed by atoms with Gasteiger partial charge in [0.25, 0.3) is 0 Å². The maximum absolute atomic E-state index is 3.91. The molecule has 0 atom stereocenters. The molecule has 0 amide bonds. The fraction of sp³-hybridized carbons (Fsp3) is 0.857. The van der Waals surface area contributed by atoms with Crippen LogP contribution in [0.1, 0.15) is 27.2 Å². The van der Waals surface area contributed by atoms with Crippen LogP contribution in [-0.2, 0) is 0 Å². The Hall–Kier alpha value is -0.610. The Morgan fingerprint density at radius 2 is 2.18 bits per heavy atom. The van der Waals surface area contributed by atoms with Crippen LogP contribution in [-0.4, -0.2) is 23.3 Å². The summed E-state index contributed by atoms with van der Waals surface area (Å²) in [5.74, 6) is 0. The molecule has 11 heavy (non-hydrogen) atoms. The summed E-state index contributed by atoms with van der Waals surface area (Å²) >= 11 is 0. The Labute approximate surface area is 67.6 Å². The van der Waals surface area contributed by atoms with Crippen molar-refractivity contribution in [3.63, 3.8) is 0 Å². The van der Waals surface area contributed by atoms with Crippen molar-refractivity contribution in [1.29, 1.82) is 0 Å². The van der Waals surface area contributed by atoms with E-state index in [9.17, 15) is 0 Å². The molecule has 1 aliphatic rings. The minimum absolute atomic E-state index is 0.140. The van der Waals surface area contributed by atoms with E-state index >= 15 is 0 Å². The molecule has 0 aromatic carbocycles. The van der Waals surface area contributed by atoms with E-state index in [0.717, 1.165) is 13.0 Å². The van der Waals surface area contributed by atoms with Crippen molar-refractivity contribution in [3.8, 4) is 0 Å². The van der Waals surface area contributed by atoms with E-state index < -0.39 is 0 Å². The van der Waals surface area contributed by atoms with E-state index in [0.29, 0.717) is 0 Å². The highest BCUT2D eigenvalue weighted by atomic mass is 15.8. The minimum atomic E-state index is 0.140. The first-order valence-corrected chi connectivity index (χ1v) is 3.90. The van der Waals surface area contributed by atoms with Gasteiger partial charge in [-0.15, -0.1) is 0 Å². The zero-order valence-electron chi connectivity index (χ0n) is 7.39. The fourth-order valence-corrected chi connectivity index (χ4v) is 0.945. The molecule has 4 heteroatoms. The molecule has 0 saturated carbocycles. The zero-order chi connectivity index (χ0) is 8.32. The van der Waals surface area contributed by atoms with Gasteiger partial charge in [-0.3, -0.25) is 0 Å². The molecule has 0 spiro atoms. The molecule has 4 nitrogen and oxygen atoms in total. The van der Waals surface area contributed by atoms with Crippen molar-refractivity contribution in [3.05, 3.63) is 0 Å². The summed E-state index contributed by atoms with van der Waals surface area (Å²) in [5.41, 5.74) is 5.90. The second-order valence-electron chi connectivity index (χ2n) is 3.65. The van der Waals surface area contributed by atoms with Crippen molar-refractivity contribution in [2.45, 2.75) is 32.7 Å². The quantitative estimate of drug-likeness (QED) is 0.536. The van der Waals surface area contributed by atoms with Gasteiger partial charge in [0.1, 0.15) is 0 Å². The first-order chi connectivity index (χ1) is 5.11. The summed E-state index contributed by atoms with van der Waals surface area (Å²) in [4.78, 5) is 0. The number of nitrogens with one attached hydrogen (secondary N) is 2. The van der Waals surface area contributed by atoms with Crippen molar-refractivity contribution < 1.29 is 0 Å². The van der Waals surface area contributed by atoms with Crippen LogP contribution < -0.4 is 11.1 Å². The predicted octanol–water partition coefficient (Wildman–Crippen LogP) is 0.486. The summed E-state index contributed by atoms with van der Waals surface area (Å²) in [6.07, 6.45) is 2.86. The number of rotatable bonds is 0. The van der Waals surface area contributed by atoms with Crippen LogP contribution in [0.25, 0.3) is 0 Å². The molecule has 1 heterocycles. The normalized spacial score (nSPS) is 21.0. The molecular formula is C7H16N4. The summed E-state index contributed by atoms with van der Waals surface area (Å²) in [7, 11) is 0. The number of hydrogen-bond acceptors (Lipinski definition) is 4. The molecule has 0 bridgehead atoms. The molecule has 1 aliphatic heterocycles. The lowest BCUT2D eigenvalue weighted by atomic mass is 10.1. The van der Waals surface area contributed by atoms with E-state index in [2.05, 4.69) is 42.0 Å². The lowest BCUT2D eigenvalue weighted by Crippen LogP contribution is -2.53. The van der Waals surface area contributed by atoms with Gasteiger partial charge in [-0.1, -0.05) is 0 Å². The third-order valence-electron chi connectivity index (χ3n) is 1.63. The number of hydrazine groups is 2. The molecule has 0 unspecified atom stereocenters. The van der Waals surface area contributed by atoms with Gasteiger partial charge in [-0.25, -0.2) is 10.5 Å². The summed E-state index contributed by atoms with van der Waals surface area (Å²) in [5, 5.41) is 6.03. The van der Waals surface area contributed by atoms with Crippen LogP contribution in [0.5, 0.6) is 0 Å². The zero-order valence-corrected chi connectivity index (χ0v) is 7.39. The van der Waals surface area contributed by atoms with Gasteiger partial charge < -0.3 is 0 Å². The molecule has 0 saturated heterocycles. The van der Waals surface area contributed by atoms with Crippen LogP contribution in [0.4, 0.5) is 0 Å². The third-order valence-corrected chi connectivity index (χ3v) is 1.63. The Morgan fingerprint density at radius 3 is 2.82 bits per heavy atom. The minimum Gasteiger partial charge on any atom is -0.229 e. The maximum atomic E-state index is 3.91. The molecule has 0 radical (unpaired) electrons. The summed E-state index contributed by atoms with van der Waals surface area (Å²) in [6.45, 7) is 7.47. The second kappa shape index (κ2) is 3.19. The average molecular weight is 156 g/mol. The first kappa shape index (κ1) is 8.49. The SMILES string of the molecule is CC(C)(C)N1CCC=NNN1. The van der Waals surface area contributed by atoms with Crippen LogP contribution >= 0.6 is 0 Å². The van der Waals surface area contributed by atoms with Crippen LogP contribution in [0.15, 0.2) is 5.10 Å². The Balaban J connectivity index is 2.47. The molecule has 1 rings (SSSR count). The van der Waals surface area contributed by atoms with Gasteiger partial charge in [0.15, 0.2) is 0 Å². The molecule has 64 valence electrons. The number of hydrazone groups is 1. The Kier molecular flexibility index (Phi) is 2.46. The molecule has 2 N–H and O–H groups in total. The Morgan fingerprint density at radius 1 is 1.45 bits per heavy atom. The number of nitrogens with zero attached hydrogens (tertiary/aromatic N) is 2. The van der Waals surface area contributed by atoms with Crippen LogP contribution in [0.3, 0.4) is 0 Å². The van der Waals surface area contributed by atoms with Crippen molar-refractivity contribution in [1.82, 2.24) is 16.1 Å². The number of hydrogen-bond donors (Lipinski definition) is 2. The smallest absolute Gasteiger partial charge is 0.0287 e. The van der Waals surface area contributed by atoms with Gasteiger partial charge in [0, 0.05) is 18.3 Å². The fourth-order valence-electron chi connectivity index (χ4n) is 0.945. The third kappa shape index (κ3) is 2.48. The van der Waals surface area contributed by atoms with Gasteiger partial charge in [0.2, 0.25) is 0 Å². The highest BCUT2D eigenvalue weighted by molar-refractivity contribution is 5.57. The average Bonchev–Trinajstić information content (AvgIpc) is 2.10.